The molecule has 0 radical (unpaired) electrons. The fraction of sp³-hybridized carbons (Fsp3) is 0.357. The Morgan fingerprint density at radius 3 is 3.00 bits per heavy atom. The number of fused-ring (bicyclic) bond motifs is 1. The van der Waals surface area contributed by atoms with Crippen LogP contribution in [0, 0.1) is 0 Å². The molecular formula is C14H16N2O4S. The number of hydrogen-bond acceptors (Lipinski definition) is 4. The first kappa shape index (κ1) is 14.1. The average molecular weight is 308 g/mol. The van der Waals surface area contributed by atoms with E-state index in [4.69, 9.17) is 4.74 Å². The van der Waals surface area contributed by atoms with Crippen LogP contribution in [0.3, 0.4) is 0 Å². The molecule has 0 unspecified atom stereocenters. The van der Waals surface area contributed by atoms with Crippen molar-refractivity contribution in [1.29, 1.82) is 0 Å². The van der Waals surface area contributed by atoms with Crippen molar-refractivity contribution in [2.24, 2.45) is 0 Å². The zero-order chi connectivity index (χ0) is 15.0. The van der Waals surface area contributed by atoms with Crippen molar-refractivity contribution in [2.45, 2.75) is 24.3 Å². The van der Waals surface area contributed by atoms with Crippen LogP contribution in [-0.4, -0.2) is 37.8 Å². The lowest BCUT2D eigenvalue weighted by molar-refractivity contribution is -0.118. The topological polar surface area (TPSA) is 75.7 Å². The lowest BCUT2D eigenvalue weighted by Crippen LogP contribution is -2.35. The van der Waals surface area contributed by atoms with Gasteiger partial charge >= 0.3 is 0 Å². The minimum absolute atomic E-state index is 0.0486. The number of hydrogen-bond donors (Lipinski definition) is 1. The van der Waals surface area contributed by atoms with Crippen molar-refractivity contribution < 1.29 is 17.9 Å². The summed E-state index contributed by atoms with van der Waals surface area (Å²) in [4.78, 5) is 11.5. The molecule has 112 valence electrons. The number of nitrogens with one attached hydrogen (secondary N) is 1. The molecule has 6 nitrogen and oxygen atoms in total. The molecule has 1 N–H and O–H groups in total. The van der Waals surface area contributed by atoms with E-state index in [9.17, 15) is 13.2 Å². The molecule has 2 aliphatic rings. The molecule has 0 fully saturated rings. The molecule has 2 heterocycles. The molecule has 1 atom stereocenters. The van der Waals surface area contributed by atoms with Gasteiger partial charge in [-0.3, -0.25) is 4.79 Å². The number of amides is 1. The molecule has 0 aliphatic carbocycles. The van der Waals surface area contributed by atoms with Gasteiger partial charge in [0.1, 0.15) is 5.75 Å². The number of rotatable bonds is 3. The van der Waals surface area contributed by atoms with Crippen LogP contribution >= 0.6 is 0 Å². The van der Waals surface area contributed by atoms with Gasteiger partial charge in [0.25, 0.3) is 5.91 Å². The van der Waals surface area contributed by atoms with Crippen molar-refractivity contribution in [1.82, 2.24) is 4.31 Å². The predicted molar refractivity (Wildman–Crippen MR) is 77.7 cm³/mol. The maximum atomic E-state index is 12.7. The zero-order valence-corrected chi connectivity index (χ0v) is 12.4. The number of anilines is 1. The molecule has 0 saturated carbocycles. The fourth-order valence-electron chi connectivity index (χ4n) is 2.53. The Morgan fingerprint density at radius 1 is 1.43 bits per heavy atom. The molecule has 0 bridgehead atoms. The van der Waals surface area contributed by atoms with Gasteiger partial charge in [0.15, 0.2) is 6.61 Å². The van der Waals surface area contributed by atoms with Crippen LogP contribution in [0.25, 0.3) is 0 Å². The lowest BCUT2D eigenvalue weighted by Gasteiger charge is -2.24. The smallest absolute Gasteiger partial charge is 0.262 e. The number of ether oxygens (including phenoxy) is 1. The van der Waals surface area contributed by atoms with E-state index < -0.39 is 10.0 Å². The monoisotopic (exact) mass is 308 g/mol. The molecule has 1 aromatic rings. The van der Waals surface area contributed by atoms with Gasteiger partial charge in [-0.15, -0.1) is 0 Å². The molecule has 0 spiro atoms. The predicted octanol–water partition coefficient (Wildman–Crippen LogP) is 1.36. The molecule has 0 aromatic heterocycles. The first-order valence-electron chi connectivity index (χ1n) is 6.77. The van der Waals surface area contributed by atoms with E-state index in [2.05, 4.69) is 5.32 Å². The van der Waals surface area contributed by atoms with Crippen LogP contribution in [0.5, 0.6) is 5.75 Å². The molecule has 21 heavy (non-hydrogen) atoms. The van der Waals surface area contributed by atoms with Crippen molar-refractivity contribution in [3.63, 3.8) is 0 Å². The van der Waals surface area contributed by atoms with E-state index in [1.165, 1.54) is 16.4 Å². The Bertz CT molecular complexity index is 712. The number of sulfonamides is 1. The van der Waals surface area contributed by atoms with Gasteiger partial charge in [-0.05, 0) is 24.6 Å². The zero-order valence-electron chi connectivity index (χ0n) is 11.6. The summed E-state index contributed by atoms with van der Waals surface area (Å²) in [6, 6.07) is 4.42. The highest BCUT2D eigenvalue weighted by Crippen LogP contribution is 2.32. The molecule has 7 heteroatoms. The van der Waals surface area contributed by atoms with Crippen LogP contribution in [-0.2, 0) is 14.8 Å². The van der Waals surface area contributed by atoms with Crippen LogP contribution in [0.4, 0.5) is 5.69 Å². The second-order valence-electron chi connectivity index (χ2n) is 4.97. The number of nitrogens with zero attached hydrogens (tertiary/aromatic N) is 1. The summed E-state index contributed by atoms with van der Waals surface area (Å²) in [6.45, 7) is 2.28. The summed E-state index contributed by atoms with van der Waals surface area (Å²) in [5.41, 5.74) is 0.396. The van der Waals surface area contributed by atoms with Gasteiger partial charge in [-0.2, -0.15) is 4.31 Å². The minimum atomic E-state index is -3.59. The molecule has 1 aromatic carbocycles. The molecule has 2 aliphatic heterocycles. The maximum Gasteiger partial charge on any atom is 0.262 e. The molecule has 3 rings (SSSR count). The van der Waals surface area contributed by atoms with Crippen LogP contribution < -0.4 is 10.1 Å². The Labute approximate surface area is 123 Å². The van der Waals surface area contributed by atoms with Crippen LogP contribution in [0.15, 0.2) is 35.2 Å². The second kappa shape index (κ2) is 5.16. The summed E-state index contributed by atoms with van der Waals surface area (Å²) < 4.78 is 32.1. The van der Waals surface area contributed by atoms with E-state index in [1.807, 2.05) is 19.1 Å². The Hall–Kier alpha value is -1.86. The highest BCUT2D eigenvalue weighted by molar-refractivity contribution is 7.89. The van der Waals surface area contributed by atoms with Crippen LogP contribution in [0.1, 0.15) is 13.3 Å². The van der Waals surface area contributed by atoms with Crippen molar-refractivity contribution in [3.05, 3.63) is 30.4 Å². The standard InChI is InChI=1S/C14H16N2O4S/c1-2-10-4-3-7-16(10)21(18,19)11-5-6-13-12(8-11)15-14(17)9-20-13/h3-6,8,10H,2,7,9H2,1H3,(H,15,17)/t10-/m0/s1. The Morgan fingerprint density at radius 2 is 2.24 bits per heavy atom. The highest BCUT2D eigenvalue weighted by atomic mass is 32.2. The summed E-state index contributed by atoms with van der Waals surface area (Å²) >= 11 is 0. The fourth-order valence-corrected chi connectivity index (χ4v) is 4.16. The van der Waals surface area contributed by atoms with E-state index in [1.54, 1.807) is 6.07 Å². The van der Waals surface area contributed by atoms with E-state index in [0.717, 1.165) is 6.42 Å². The third-order valence-electron chi connectivity index (χ3n) is 3.62. The maximum absolute atomic E-state index is 12.7. The third-order valence-corrected chi connectivity index (χ3v) is 5.51. The minimum Gasteiger partial charge on any atom is -0.482 e. The van der Waals surface area contributed by atoms with Crippen molar-refractivity contribution in [3.8, 4) is 5.75 Å². The first-order chi connectivity index (χ1) is 10.0. The largest absolute Gasteiger partial charge is 0.482 e. The Kier molecular flexibility index (Phi) is 3.46. The molecule has 1 amide bonds. The van der Waals surface area contributed by atoms with E-state index >= 15 is 0 Å². The molecule has 0 saturated heterocycles. The van der Waals surface area contributed by atoms with Gasteiger partial charge in [0, 0.05) is 12.6 Å². The second-order valence-corrected chi connectivity index (χ2v) is 6.86. The van der Waals surface area contributed by atoms with Gasteiger partial charge in [0.05, 0.1) is 10.6 Å². The average Bonchev–Trinajstić information content (AvgIpc) is 2.95. The summed E-state index contributed by atoms with van der Waals surface area (Å²) in [6.07, 6.45) is 4.48. The van der Waals surface area contributed by atoms with Gasteiger partial charge in [-0.25, -0.2) is 8.42 Å². The number of benzene rings is 1. The SMILES string of the molecule is CC[C@H]1C=CCN1S(=O)(=O)c1ccc2c(c1)NC(=O)CO2. The van der Waals surface area contributed by atoms with Crippen molar-refractivity contribution >= 4 is 21.6 Å². The van der Waals surface area contributed by atoms with Gasteiger partial charge in [-0.1, -0.05) is 19.1 Å². The summed E-state index contributed by atoms with van der Waals surface area (Å²) in [5.74, 6) is 0.200. The lowest BCUT2D eigenvalue weighted by atomic mass is 10.2. The summed E-state index contributed by atoms with van der Waals surface area (Å²) in [7, 11) is -3.59. The summed E-state index contributed by atoms with van der Waals surface area (Å²) in [5, 5.41) is 2.63. The van der Waals surface area contributed by atoms with E-state index in [0.29, 0.717) is 18.0 Å². The number of carbonyl (C=O) groups excluding carboxylic acids is 1. The quantitative estimate of drug-likeness (QED) is 0.855. The molecular weight excluding hydrogens is 292 g/mol. The van der Waals surface area contributed by atoms with Crippen LogP contribution in [0.2, 0.25) is 0 Å². The van der Waals surface area contributed by atoms with Gasteiger partial charge < -0.3 is 10.1 Å². The van der Waals surface area contributed by atoms with Gasteiger partial charge in [0.2, 0.25) is 10.0 Å². The normalized spacial score (nSPS) is 21.8. The number of carbonyl (C=O) groups is 1. The van der Waals surface area contributed by atoms with E-state index in [-0.39, 0.29) is 23.5 Å². The highest BCUT2D eigenvalue weighted by Gasteiger charge is 2.32. The third kappa shape index (κ3) is 2.43. The Balaban J connectivity index is 1.96. The first-order valence-corrected chi connectivity index (χ1v) is 8.21. The van der Waals surface area contributed by atoms with Crippen molar-refractivity contribution in [2.75, 3.05) is 18.5 Å².